The summed E-state index contributed by atoms with van der Waals surface area (Å²) in [5, 5.41) is 8.93. The van der Waals surface area contributed by atoms with Gasteiger partial charge in [0.2, 0.25) is 0 Å². The van der Waals surface area contributed by atoms with E-state index < -0.39 is 24.4 Å². The molecular weight excluding hydrogens is 466 g/mol. The van der Waals surface area contributed by atoms with Gasteiger partial charge < -0.3 is 20.1 Å². The smallest absolute Gasteiger partial charge is 0.323 e. The molecule has 196 valence electrons. The predicted octanol–water partition coefficient (Wildman–Crippen LogP) is 5.16. The number of carbonyl (C=O) groups is 2. The first-order chi connectivity index (χ1) is 17.7. The number of aliphatic carboxylic acids is 1. The number of para-hydroxylation sites is 2. The summed E-state index contributed by atoms with van der Waals surface area (Å²) in [5.41, 5.74) is 11.1. The molecule has 2 fully saturated rings. The maximum atomic E-state index is 12.3. The maximum Gasteiger partial charge on any atom is 0.323 e. The Balaban J connectivity index is 1.20. The van der Waals surface area contributed by atoms with Gasteiger partial charge in [-0.1, -0.05) is 43.7 Å². The molecule has 2 aromatic rings. The number of nitrogens with zero attached hydrogens (tertiary/aromatic N) is 2. The second-order valence-electron chi connectivity index (χ2n) is 12.1. The van der Waals surface area contributed by atoms with Crippen molar-refractivity contribution in [1.82, 2.24) is 9.55 Å². The summed E-state index contributed by atoms with van der Waals surface area (Å²) < 4.78 is 8.00. The summed E-state index contributed by atoms with van der Waals surface area (Å²) in [7, 11) is 0. The SMILES string of the molecule is C[C@]12CC[C@H](OC(=O)C(N)CC(=O)O)CC1=CCC1C2CC[C@]2(C)C(n3cnc4ccccc43)=CCC12. The van der Waals surface area contributed by atoms with E-state index >= 15 is 0 Å². The number of hydrogen-bond acceptors (Lipinski definition) is 5. The van der Waals surface area contributed by atoms with Crippen LogP contribution >= 0.6 is 0 Å². The quantitative estimate of drug-likeness (QED) is 0.431. The van der Waals surface area contributed by atoms with Crippen molar-refractivity contribution >= 4 is 28.7 Å². The lowest BCUT2D eigenvalue weighted by atomic mass is 9.47. The van der Waals surface area contributed by atoms with Crippen LogP contribution in [0.4, 0.5) is 0 Å². The minimum absolute atomic E-state index is 0.126. The van der Waals surface area contributed by atoms with E-state index in [1.807, 2.05) is 12.4 Å². The molecule has 7 atom stereocenters. The van der Waals surface area contributed by atoms with Crippen molar-refractivity contribution in [3.8, 4) is 0 Å². The van der Waals surface area contributed by atoms with Crippen molar-refractivity contribution in [2.45, 2.75) is 77.4 Å². The number of benzene rings is 1. The summed E-state index contributed by atoms with van der Waals surface area (Å²) in [4.78, 5) is 27.9. The van der Waals surface area contributed by atoms with Gasteiger partial charge in [0.05, 0.1) is 17.5 Å². The highest BCUT2D eigenvalue weighted by atomic mass is 16.5. The minimum Gasteiger partial charge on any atom is -0.481 e. The summed E-state index contributed by atoms with van der Waals surface area (Å²) >= 11 is 0. The molecule has 7 nitrogen and oxygen atoms in total. The van der Waals surface area contributed by atoms with Crippen molar-refractivity contribution in [3.63, 3.8) is 0 Å². The molecule has 0 amide bonds. The van der Waals surface area contributed by atoms with Crippen LogP contribution in [0.15, 0.2) is 48.3 Å². The van der Waals surface area contributed by atoms with Gasteiger partial charge in [0.1, 0.15) is 18.5 Å². The van der Waals surface area contributed by atoms with Gasteiger partial charge in [-0.25, -0.2) is 4.98 Å². The Hall–Kier alpha value is -2.93. The third-order valence-electron chi connectivity index (χ3n) is 10.3. The Morgan fingerprint density at radius 2 is 1.92 bits per heavy atom. The lowest BCUT2D eigenvalue weighted by Crippen LogP contribution is -2.50. The van der Waals surface area contributed by atoms with Gasteiger partial charge in [0, 0.05) is 17.5 Å². The van der Waals surface area contributed by atoms with Crippen LogP contribution in [-0.2, 0) is 14.3 Å². The van der Waals surface area contributed by atoms with Crippen LogP contribution in [0.1, 0.15) is 65.2 Å². The lowest BCUT2D eigenvalue weighted by molar-refractivity contribution is -0.155. The summed E-state index contributed by atoms with van der Waals surface area (Å²) in [6.07, 6.45) is 13.4. The van der Waals surface area contributed by atoms with Crippen molar-refractivity contribution in [2.75, 3.05) is 0 Å². The summed E-state index contributed by atoms with van der Waals surface area (Å²) in [6.45, 7) is 4.90. The van der Waals surface area contributed by atoms with Crippen molar-refractivity contribution < 1.29 is 19.4 Å². The number of hydrogen-bond donors (Lipinski definition) is 2. The maximum absolute atomic E-state index is 12.3. The Kier molecular flexibility index (Phi) is 5.82. The topological polar surface area (TPSA) is 107 Å². The van der Waals surface area contributed by atoms with Crippen molar-refractivity contribution in [1.29, 1.82) is 0 Å². The molecule has 0 saturated heterocycles. The number of fused-ring (bicyclic) bond motifs is 6. The van der Waals surface area contributed by atoms with Crippen LogP contribution in [-0.4, -0.2) is 38.7 Å². The Morgan fingerprint density at radius 3 is 2.73 bits per heavy atom. The molecule has 2 saturated carbocycles. The van der Waals surface area contributed by atoms with Gasteiger partial charge in [0.15, 0.2) is 0 Å². The van der Waals surface area contributed by atoms with E-state index in [1.54, 1.807) is 0 Å². The van der Waals surface area contributed by atoms with Crippen molar-refractivity contribution in [2.24, 2.45) is 34.3 Å². The highest BCUT2D eigenvalue weighted by molar-refractivity contribution is 5.82. The number of ether oxygens (including phenoxy) is 1. The fourth-order valence-electron chi connectivity index (χ4n) is 8.32. The van der Waals surface area contributed by atoms with E-state index in [9.17, 15) is 9.59 Å². The first-order valence-corrected chi connectivity index (χ1v) is 13.7. The second kappa shape index (κ2) is 8.83. The van der Waals surface area contributed by atoms with E-state index in [0.717, 1.165) is 37.6 Å². The Labute approximate surface area is 217 Å². The van der Waals surface area contributed by atoms with E-state index in [0.29, 0.717) is 17.8 Å². The molecular formula is C30H37N3O4. The predicted molar refractivity (Wildman–Crippen MR) is 141 cm³/mol. The number of carbonyl (C=O) groups excluding carboxylic acids is 1. The molecule has 4 aliphatic rings. The van der Waals surface area contributed by atoms with E-state index in [4.69, 9.17) is 15.6 Å². The molecule has 7 heteroatoms. The van der Waals surface area contributed by atoms with E-state index in [-0.39, 0.29) is 16.9 Å². The third-order valence-corrected chi connectivity index (χ3v) is 10.3. The average molecular weight is 504 g/mol. The van der Waals surface area contributed by atoms with Gasteiger partial charge in [-0.3, -0.25) is 9.59 Å². The van der Waals surface area contributed by atoms with Crippen LogP contribution < -0.4 is 5.73 Å². The largest absolute Gasteiger partial charge is 0.481 e. The Morgan fingerprint density at radius 1 is 1.14 bits per heavy atom. The number of aromatic nitrogens is 2. The third kappa shape index (κ3) is 3.85. The molecule has 0 spiro atoms. The molecule has 4 aliphatic carbocycles. The fraction of sp³-hybridized carbons (Fsp3) is 0.567. The molecule has 1 heterocycles. The number of carboxylic acid groups (broad SMARTS) is 1. The number of allylic oxidation sites excluding steroid dienone is 3. The zero-order chi connectivity index (χ0) is 25.9. The monoisotopic (exact) mass is 503 g/mol. The zero-order valence-corrected chi connectivity index (χ0v) is 21.7. The summed E-state index contributed by atoms with van der Waals surface area (Å²) in [5.74, 6) is 0.191. The fourth-order valence-corrected chi connectivity index (χ4v) is 8.32. The second-order valence-corrected chi connectivity index (χ2v) is 12.1. The zero-order valence-electron chi connectivity index (χ0n) is 21.7. The van der Waals surface area contributed by atoms with Crippen LogP contribution in [0.2, 0.25) is 0 Å². The first kappa shape index (κ1) is 24.4. The number of nitrogens with two attached hydrogens (primary N) is 1. The van der Waals surface area contributed by atoms with Gasteiger partial charge >= 0.3 is 11.9 Å². The molecule has 0 bridgehead atoms. The Bertz CT molecular complexity index is 1310. The van der Waals surface area contributed by atoms with Crippen LogP contribution in [0.25, 0.3) is 16.7 Å². The highest BCUT2D eigenvalue weighted by Gasteiger charge is 2.57. The molecule has 3 N–H and O–H groups in total. The van der Waals surface area contributed by atoms with Crippen molar-refractivity contribution in [3.05, 3.63) is 48.3 Å². The molecule has 0 aliphatic heterocycles. The molecule has 1 aromatic heterocycles. The first-order valence-electron chi connectivity index (χ1n) is 13.7. The number of esters is 1. The molecule has 37 heavy (non-hydrogen) atoms. The number of rotatable bonds is 5. The highest BCUT2D eigenvalue weighted by Crippen LogP contribution is 2.65. The lowest BCUT2D eigenvalue weighted by Gasteiger charge is -2.57. The van der Waals surface area contributed by atoms with E-state index in [1.165, 1.54) is 29.6 Å². The van der Waals surface area contributed by atoms with Crippen LogP contribution in [0.3, 0.4) is 0 Å². The standard InChI is InChI=1S/C30H37N3O4/c1-29-13-11-19(37-28(36)23(31)16-27(34)35)15-18(29)7-8-20-21-9-10-26(30(21,2)14-12-22(20)29)33-17-32-24-5-3-4-6-25(24)33/h3-7,10,17,19-23H,8-9,11-16,31H2,1-2H3,(H,34,35)/t19-,20?,21?,22?,23?,29-,30-/m0/s1. The molecule has 6 rings (SSSR count). The normalized spacial score (nSPS) is 35.5. The van der Waals surface area contributed by atoms with Gasteiger partial charge in [-0.2, -0.15) is 0 Å². The minimum atomic E-state index is -1.11. The summed E-state index contributed by atoms with van der Waals surface area (Å²) in [6, 6.07) is 7.28. The van der Waals surface area contributed by atoms with Gasteiger partial charge in [-0.05, 0) is 73.8 Å². The van der Waals surface area contributed by atoms with E-state index in [2.05, 4.69) is 53.7 Å². The number of imidazole rings is 1. The number of carboxylic acids is 1. The molecule has 4 unspecified atom stereocenters. The van der Waals surface area contributed by atoms with Crippen LogP contribution in [0.5, 0.6) is 0 Å². The van der Waals surface area contributed by atoms with Gasteiger partial charge in [0.25, 0.3) is 0 Å². The van der Waals surface area contributed by atoms with Gasteiger partial charge in [-0.15, -0.1) is 0 Å². The molecule has 1 aromatic carbocycles. The average Bonchev–Trinajstić information content (AvgIpc) is 3.44. The molecule has 0 radical (unpaired) electrons. The van der Waals surface area contributed by atoms with Crippen LogP contribution in [0, 0.1) is 28.6 Å².